The summed E-state index contributed by atoms with van der Waals surface area (Å²) in [6, 6.07) is 74.7. The molecule has 0 aliphatic carbocycles. The molecule has 8 aromatic carbocycles. The van der Waals surface area contributed by atoms with Crippen LogP contribution >= 0.6 is 0 Å². The second-order valence-electron chi connectivity index (χ2n) is 13.8. The molecule has 0 bridgehead atoms. The van der Waals surface area contributed by atoms with Crippen molar-refractivity contribution in [3.63, 3.8) is 0 Å². The maximum absolute atomic E-state index is 5.38. The van der Waals surface area contributed by atoms with Crippen LogP contribution in [-0.2, 0) is 0 Å². The summed E-state index contributed by atoms with van der Waals surface area (Å²) >= 11 is 0. The van der Waals surface area contributed by atoms with Crippen LogP contribution in [0.25, 0.3) is 60.9 Å². The third-order valence-corrected chi connectivity index (χ3v) is 15.6. The summed E-state index contributed by atoms with van der Waals surface area (Å²) in [7, 11) is -2.72. The van der Waals surface area contributed by atoms with Crippen molar-refractivity contribution in [3.05, 3.63) is 212 Å². The van der Waals surface area contributed by atoms with E-state index in [4.69, 9.17) is 9.97 Å². The smallest absolute Gasteiger partial charge is 0.235 e. The third kappa shape index (κ3) is 5.19. The molecule has 0 saturated carbocycles. The predicted molar refractivity (Wildman–Crippen MR) is 228 cm³/mol. The Labute approximate surface area is 315 Å². The summed E-state index contributed by atoms with van der Waals surface area (Å²) in [4.78, 5) is 10.3. The molecule has 0 amide bonds. The fourth-order valence-electron chi connectivity index (χ4n) is 8.41. The number of aromatic nitrogens is 3. The van der Waals surface area contributed by atoms with Gasteiger partial charge in [-0.05, 0) is 60.8 Å². The Morgan fingerprint density at radius 3 is 1.67 bits per heavy atom. The summed E-state index contributed by atoms with van der Waals surface area (Å²) in [6.45, 7) is 0. The summed E-state index contributed by atoms with van der Waals surface area (Å²) in [5.41, 5.74) is 6.45. The van der Waals surface area contributed by atoms with E-state index < -0.39 is 8.07 Å². The Morgan fingerprint density at radius 1 is 0.389 bits per heavy atom. The first kappa shape index (κ1) is 31.8. The lowest BCUT2D eigenvalue weighted by molar-refractivity contribution is 0.992. The van der Waals surface area contributed by atoms with Gasteiger partial charge in [0.05, 0.1) is 16.7 Å². The van der Waals surface area contributed by atoms with E-state index in [2.05, 4.69) is 205 Å². The molecular formula is C50H35N3Si. The van der Waals surface area contributed by atoms with Gasteiger partial charge in [0.25, 0.3) is 0 Å². The van der Waals surface area contributed by atoms with Crippen LogP contribution in [0.2, 0.25) is 0 Å². The fraction of sp³-hybridized carbons (Fsp3) is 0. The zero-order valence-corrected chi connectivity index (χ0v) is 30.5. The lowest BCUT2D eigenvalue weighted by atomic mass is 10.0. The predicted octanol–water partition coefficient (Wildman–Crippen LogP) is 9.44. The number of benzene rings is 8. The number of hydrogen-bond acceptors (Lipinski definition) is 2. The Balaban J connectivity index is 1.19. The summed E-state index contributed by atoms with van der Waals surface area (Å²) in [5.74, 6) is 0.649. The molecule has 0 spiro atoms. The molecule has 0 radical (unpaired) electrons. The van der Waals surface area contributed by atoms with Gasteiger partial charge in [-0.2, -0.15) is 0 Å². The molecule has 254 valence electrons. The van der Waals surface area contributed by atoms with Crippen LogP contribution < -0.4 is 20.7 Å². The SMILES string of the molecule is c1ccc(-c2ccc3c4c5ccccc5ccc4n(-c4nccc(-c5cccc([Si](c6ccccc6)(c6ccccc6)c6ccccc6)c5)n4)c3c2)cc1. The molecule has 2 aromatic heterocycles. The van der Waals surface area contributed by atoms with Crippen molar-refractivity contribution >= 4 is 61.4 Å². The number of rotatable bonds is 7. The second kappa shape index (κ2) is 13.3. The largest absolute Gasteiger partial charge is 0.278 e. The molecule has 0 saturated heterocycles. The molecule has 0 N–H and O–H groups in total. The highest BCUT2D eigenvalue weighted by molar-refractivity contribution is 7.19. The molecule has 0 unspecified atom stereocenters. The fourth-order valence-corrected chi connectivity index (χ4v) is 13.2. The van der Waals surface area contributed by atoms with Crippen molar-refractivity contribution in [2.24, 2.45) is 0 Å². The molecule has 10 aromatic rings. The van der Waals surface area contributed by atoms with Crippen molar-refractivity contribution in [1.82, 2.24) is 14.5 Å². The molecule has 0 fully saturated rings. The topological polar surface area (TPSA) is 30.7 Å². The number of fused-ring (bicyclic) bond motifs is 5. The molecule has 4 heteroatoms. The van der Waals surface area contributed by atoms with Crippen LogP contribution in [-0.4, -0.2) is 22.6 Å². The first-order valence-corrected chi connectivity index (χ1v) is 20.4. The second-order valence-corrected chi connectivity index (χ2v) is 17.6. The minimum Gasteiger partial charge on any atom is -0.278 e. The van der Waals surface area contributed by atoms with E-state index in [1.165, 1.54) is 47.9 Å². The van der Waals surface area contributed by atoms with Gasteiger partial charge in [-0.1, -0.05) is 188 Å². The molecule has 3 nitrogen and oxygen atoms in total. The first-order valence-electron chi connectivity index (χ1n) is 18.4. The summed E-state index contributed by atoms with van der Waals surface area (Å²) in [6.07, 6.45) is 1.90. The molecule has 0 atom stereocenters. The zero-order valence-electron chi connectivity index (χ0n) is 29.5. The van der Waals surface area contributed by atoms with Crippen LogP contribution in [0.4, 0.5) is 0 Å². The van der Waals surface area contributed by atoms with Crippen molar-refractivity contribution < 1.29 is 0 Å². The van der Waals surface area contributed by atoms with E-state index in [9.17, 15) is 0 Å². The maximum atomic E-state index is 5.38. The molecule has 0 aliphatic heterocycles. The minimum atomic E-state index is -2.72. The first-order chi connectivity index (χ1) is 26.8. The quantitative estimate of drug-likeness (QED) is 0.122. The van der Waals surface area contributed by atoms with Gasteiger partial charge in [-0.3, -0.25) is 4.57 Å². The van der Waals surface area contributed by atoms with Gasteiger partial charge in [-0.15, -0.1) is 0 Å². The summed E-state index contributed by atoms with van der Waals surface area (Å²) < 4.78 is 2.24. The van der Waals surface area contributed by atoms with Gasteiger partial charge in [0.2, 0.25) is 5.95 Å². The highest BCUT2D eigenvalue weighted by Gasteiger charge is 2.41. The average Bonchev–Trinajstić information content (AvgIpc) is 3.60. The van der Waals surface area contributed by atoms with Gasteiger partial charge in [0.15, 0.2) is 8.07 Å². The van der Waals surface area contributed by atoms with Crippen LogP contribution in [0.15, 0.2) is 212 Å². The van der Waals surface area contributed by atoms with Crippen LogP contribution in [0.3, 0.4) is 0 Å². The van der Waals surface area contributed by atoms with Gasteiger partial charge < -0.3 is 0 Å². The van der Waals surface area contributed by atoms with Crippen molar-refractivity contribution in [3.8, 4) is 28.3 Å². The molecule has 2 heterocycles. The van der Waals surface area contributed by atoms with E-state index in [-0.39, 0.29) is 0 Å². The molecule has 54 heavy (non-hydrogen) atoms. The molecule has 0 aliphatic rings. The van der Waals surface area contributed by atoms with Gasteiger partial charge in [-0.25, -0.2) is 9.97 Å². The Kier molecular flexibility index (Phi) is 7.82. The molecular weight excluding hydrogens is 671 g/mol. The van der Waals surface area contributed by atoms with Gasteiger partial charge in [0, 0.05) is 22.5 Å². The zero-order chi connectivity index (χ0) is 35.9. The highest BCUT2D eigenvalue weighted by atomic mass is 28.3. The van der Waals surface area contributed by atoms with Crippen LogP contribution in [0, 0.1) is 0 Å². The number of hydrogen-bond donors (Lipinski definition) is 0. The van der Waals surface area contributed by atoms with E-state index in [1.807, 2.05) is 12.3 Å². The summed E-state index contributed by atoms with van der Waals surface area (Å²) in [5, 5.41) is 10.2. The van der Waals surface area contributed by atoms with Crippen molar-refractivity contribution in [2.45, 2.75) is 0 Å². The maximum Gasteiger partial charge on any atom is 0.235 e. The minimum absolute atomic E-state index is 0.649. The Morgan fingerprint density at radius 2 is 0.981 bits per heavy atom. The Bertz CT molecular complexity index is 2830. The van der Waals surface area contributed by atoms with E-state index in [0.29, 0.717) is 5.95 Å². The monoisotopic (exact) mass is 705 g/mol. The lowest BCUT2D eigenvalue weighted by Crippen LogP contribution is -2.74. The van der Waals surface area contributed by atoms with E-state index >= 15 is 0 Å². The van der Waals surface area contributed by atoms with Gasteiger partial charge >= 0.3 is 0 Å². The highest BCUT2D eigenvalue weighted by Crippen LogP contribution is 2.38. The molecule has 10 rings (SSSR count). The standard InChI is InChI=1S/C50H35N3Si/c1-5-16-36(17-6-1)38-28-30-45-48(35-38)53(47-31-29-37-18-13-14-27-44(37)49(45)47)50-51-33-32-46(52-50)39-19-15-26-43(34-39)54(40-20-7-2-8-21-40,41-22-9-3-10-23-41)42-24-11-4-12-25-42/h1-35H. The average molecular weight is 706 g/mol. The van der Waals surface area contributed by atoms with Crippen molar-refractivity contribution in [1.29, 1.82) is 0 Å². The van der Waals surface area contributed by atoms with Gasteiger partial charge in [0.1, 0.15) is 0 Å². The van der Waals surface area contributed by atoms with Crippen LogP contribution in [0.5, 0.6) is 0 Å². The van der Waals surface area contributed by atoms with Crippen molar-refractivity contribution in [2.75, 3.05) is 0 Å². The number of nitrogens with zero attached hydrogens (tertiary/aromatic N) is 3. The Hall–Kier alpha value is -6.88. The lowest BCUT2D eigenvalue weighted by Gasteiger charge is -2.34. The third-order valence-electron chi connectivity index (χ3n) is 10.8. The van der Waals surface area contributed by atoms with Crippen LogP contribution in [0.1, 0.15) is 0 Å². The van der Waals surface area contributed by atoms with E-state index in [0.717, 1.165) is 27.9 Å². The normalized spacial score (nSPS) is 11.7. The van der Waals surface area contributed by atoms with E-state index in [1.54, 1.807) is 0 Å².